The molecule has 0 bridgehead atoms. The molecule has 0 saturated heterocycles. The number of nitrogens with two attached hydrogens (primary N) is 1. The van der Waals surface area contributed by atoms with Crippen LogP contribution in [0.3, 0.4) is 0 Å². The number of methoxy groups -OCH3 is 1. The highest BCUT2D eigenvalue weighted by Crippen LogP contribution is 2.31. The van der Waals surface area contributed by atoms with Crippen LogP contribution in [-0.4, -0.2) is 72.3 Å². The second kappa shape index (κ2) is 12.7. The van der Waals surface area contributed by atoms with Gasteiger partial charge in [0.1, 0.15) is 22.8 Å². The third-order valence-corrected chi connectivity index (χ3v) is 6.49. The molecule has 42 heavy (non-hydrogen) atoms. The van der Waals surface area contributed by atoms with Crippen LogP contribution in [0.5, 0.6) is 5.75 Å². The van der Waals surface area contributed by atoms with Crippen molar-refractivity contribution in [1.29, 1.82) is 0 Å². The van der Waals surface area contributed by atoms with Crippen molar-refractivity contribution < 1.29 is 27.9 Å². The number of rotatable bonds is 12. The number of benzene rings is 1. The summed E-state index contributed by atoms with van der Waals surface area (Å²) < 4.78 is 35.7. The molecule has 16 heteroatoms. The fourth-order valence-corrected chi connectivity index (χ4v) is 4.47. The number of urea groups is 1. The van der Waals surface area contributed by atoms with Gasteiger partial charge in [-0.3, -0.25) is 24.2 Å². The molecule has 0 unspecified atom stereocenters. The van der Waals surface area contributed by atoms with Gasteiger partial charge in [-0.2, -0.15) is 13.9 Å². The molecule has 0 aliphatic carbocycles. The van der Waals surface area contributed by atoms with E-state index in [9.17, 15) is 23.2 Å². The van der Waals surface area contributed by atoms with Crippen molar-refractivity contribution >= 4 is 34.8 Å². The number of carbonyl (C=O) groups excluding carboxylic acids is 3. The minimum Gasteiger partial charge on any atom is -0.494 e. The lowest BCUT2D eigenvalue weighted by Gasteiger charge is -2.18. The molecule has 0 aliphatic rings. The molecule has 4 amide bonds. The van der Waals surface area contributed by atoms with E-state index in [0.717, 1.165) is 6.20 Å². The summed E-state index contributed by atoms with van der Waals surface area (Å²) in [6, 6.07) is 4.18. The number of amides is 4. The zero-order valence-electron chi connectivity index (χ0n) is 23.6. The number of nitrogens with one attached hydrogen (secondary N) is 2. The fourth-order valence-electron chi connectivity index (χ4n) is 4.47. The lowest BCUT2D eigenvalue weighted by molar-refractivity contribution is 0.0650. The third kappa shape index (κ3) is 6.31. The minimum absolute atomic E-state index is 0.0509. The maximum atomic E-state index is 13.2. The van der Waals surface area contributed by atoms with Gasteiger partial charge >= 0.3 is 12.6 Å². The number of nitrogens with zero attached hydrogens (tertiary/aromatic N) is 7. The molecule has 14 nitrogen and oxygen atoms in total. The highest BCUT2D eigenvalue weighted by atomic mass is 19.3. The molecule has 1 aromatic carbocycles. The van der Waals surface area contributed by atoms with E-state index in [2.05, 4.69) is 25.7 Å². The molecule has 0 atom stereocenters. The van der Waals surface area contributed by atoms with Crippen molar-refractivity contribution in [1.82, 2.24) is 39.1 Å². The van der Waals surface area contributed by atoms with Gasteiger partial charge in [-0.1, -0.05) is 0 Å². The number of fused-ring (bicyclic) bond motifs is 1. The molecule has 4 aromatic rings. The van der Waals surface area contributed by atoms with Gasteiger partial charge in [0, 0.05) is 44.6 Å². The Kier molecular flexibility index (Phi) is 9.02. The van der Waals surface area contributed by atoms with Crippen LogP contribution in [-0.2, 0) is 19.6 Å². The van der Waals surface area contributed by atoms with Crippen LogP contribution in [0.2, 0.25) is 0 Å². The number of aryl methyl sites for hydroxylation is 3. The van der Waals surface area contributed by atoms with Gasteiger partial charge in [0.25, 0.3) is 5.91 Å². The largest absolute Gasteiger partial charge is 0.494 e. The van der Waals surface area contributed by atoms with Crippen LogP contribution < -0.4 is 21.1 Å². The second-order valence-corrected chi connectivity index (χ2v) is 9.41. The molecule has 3 aromatic heterocycles. The topological polar surface area (TPSA) is 167 Å². The smallest absolute Gasteiger partial charge is 0.319 e. The fraction of sp³-hybridized carbons (Fsp3) is 0.385. The van der Waals surface area contributed by atoms with Crippen LogP contribution in [0.25, 0.3) is 11.0 Å². The first-order valence-electron chi connectivity index (χ1n) is 13.1. The van der Waals surface area contributed by atoms with Crippen molar-refractivity contribution in [2.45, 2.75) is 46.5 Å². The molecule has 0 spiro atoms. The Balaban J connectivity index is 1.53. The summed E-state index contributed by atoms with van der Waals surface area (Å²) in [5.41, 5.74) is 7.59. The number of aromatic nitrogens is 6. The van der Waals surface area contributed by atoms with E-state index in [1.54, 1.807) is 22.2 Å². The molecular formula is C26H32F2N10O4. The normalized spacial score (nSPS) is 11.2. The molecule has 0 aliphatic heterocycles. The Morgan fingerprint density at radius 3 is 2.64 bits per heavy atom. The Morgan fingerprint density at radius 1 is 1.21 bits per heavy atom. The highest BCUT2D eigenvalue weighted by Gasteiger charge is 2.22. The van der Waals surface area contributed by atoms with Crippen molar-refractivity contribution in [3.8, 4) is 5.75 Å². The minimum atomic E-state index is -2.76. The number of primary amides is 1. The average Bonchev–Trinajstić information content (AvgIpc) is 3.66. The van der Waals surface area contributed by atoms with E-state index in [1.165, 1.54) is 37.4 Å². The van der Waals surface area contributed by atoms with Gasteiger partial charge in [-0.15, -0.1) is 0 Å². The van der Waals surface area contributed by atoms with Crippen molar-refractivity contribution in [3.63, 3.8) is 0 Å². The zero-order chi connectivity index (χ0) is 30.6. The predicted octanol–water partition coefficient (Wildman–Crippen LogP) is 2.74. The summed E-state index contributed by atoms with van der Waals surface area (Å²) in [7, 11) is 2.91. The summed E-state index contributed by atoms with van der Waals surface area (Å²) in [5, 5.41) is 9.89. The molecule has 0 saturated carbocycles. The molecule has 4 rings (SSSR count). The van der Waals surface area contributed by atoms with Crippen LogP contribution in [0.15, 0.2) is 30.6 Å². The zero-order valence-corrected chi connectivity index (χ0v) is 23.6. The number of alkyl halides is 2. The highest BCUT2D eigenvalue weighted by molar-refractivity contribution is 6.04. The first-order chi connectivity index (χ1) is 20.0. The van der Waals surface area contributed by atoms with Crippen LogP contribution >= 0.6 is 0 Å². The maximum absolute atomic E-state index is 13.2. The molecule has 224 valence electrons. The molecule has 0 fully saturated rings. The average molecular weight is 587 g/mol. The van der Waals surface area contributed by atoms with Gasteiger partial charge in [0.2, 0.25) is 11.9 Å². The number of halogens is 2. The Morgan fingerprint density at radius 2 is 1.98 bits per heavy atom. The summed E-state index contributed by atoms with van der Waals surface area (Å²) in [6.45, 7) is 1.76. The van der Waals surface area contributed by atoms with Gasteiger partial charge in [0.05, 0.1) is 24.9 Å². The van der Waals surface area contributed by atoms with Crippen molar-refractivity contribution in [2.24, 2.45) is 5.73 Å². The van der Waals surface area contributed by atoms with E-state index < -0.39 is 24.4 Å². The Labute approximate surface area is 239 Å². The van der Waals surface area contributed by atoms with Gasteiger partial charge in [0.15, 0.2) is 0 Å². The predicted molar refractivity (Wildman–Crippen MR) is 148 cm³/mol. The number of imidazole rings is 2. The standard InChI is InChI=1S/C26H32F2N10O4/c1-5-38-18(11-15(2)34-38)23(40)33-25-32-17-12-16(22(29)39)13-19(42-4)21(17)37(25)9-6-7-31-26(41)35(3)14-20-30-8-10-36(20)24(27)28/h8,10-13,24H,5-7,9,14H2,1-4H3,(H2,29,39)(H,31,41)(H,32,33,40). The van der Waals surface area contributed by atoms with E-state index in [4.69, 9.17) is 10.5 Å². The third-order valence-electron chi connectivity index (χ3n) is 6.49. The quantitative estimate of drug-likeness (QED) is 0.215. The van der Waals surface area contributed by atoms with Crippen LogP contribution in [0.4, 0.5) is 19.5 Å². The lowest BCUT2D eigenvalue weighted by atomic mass is 10.1. The Hall–Kier alpha value is -5.02. The first kappa shape index (κ1) is 30.0. The summed E-state index contributed by atoms with van der Waals surface area (Å²) in [6.07, 6.45) is 2.79. The number of ether oxygens (including phenoxy) is 1. The first-order valence-corrected chi connectivity index (χ1v) is 13.1. The van der Waals surface area contributed by atoms with Crippen LogP contribution in [0.1, 0.15) is 52.3 Å². The van der Waals surface area contributed by atoms with E-state index in [-0.39, 0.29) is 37.0 Å². The van der Waals surface area contributed by atoms with Crippen molar-refractivity contribution in [2.75, 3.05) is 26.0 Å². The van der Waals surface area contributed by atoms with Gasteiger partial charge < -0.3 is 25.3 Å². The van der Waals surface area contributed by atoms with Gasteiger partial charge in [-0.05, 0) is 38.5 Å². The summed E-state index contributed by atoms with van der Waals surface area (Å²) in [4.78, 5) is 47.4. The van der Waals surface area contributed by atoms with E-state index in [0.29, 0.717) is 45.7 Å². The van der Waals surface area contributed by atoms with Gasteiger partial charge in [-0.25, -0.2) is 14.8 Å². The molecular weight excluding hydrogens is 554 g/mol. The second-order valence-electron chi connectivity index (χ2n) is 9.41. The Bertz CT molecular complexity index is 1610. The molecule has 3 heterocycles. The molecule has 0 radical (unpaired) electrons. The SMILES string of the molecule is CCn1nc(C)cc1C(=O)Nc1nc2cc(C(N)=O)cc(OC)c2n1CCCNC(=O)N(C)Cc1nccn1C(F)F. The number of carbonyl (C=O) groups is 3. The maximum Gasteiger partial charge on any atom is 0.319 e. The number of hydrogen-bond donors (Lipinski definition) is 3. The van der Waals surface area contributed by atoms with Crippen molar-refractivity contribution in [3.05, 3.63) is 53.4 Å². The van der Waals surface area contributed by atoms with Crippen LogP contribution in [0, 0.1) is 6.92 Å². The molecule has 4 N–H and O–H groups in total. The lowest BCUT2D eigenvalue weighted by Crippen LogP contribution is -2.38. The summed E-state index contributed by atoms with van der Waals surface area (Å²) >= 11 is 0. The number of anilines is 1. The van der Waals surface area contributed by atoms with E-state index in [1.807, 2.05) is 6.92 Å². The monoisotopic (exact) mass is 586 g/mol. The number of hydrogen-bond acceptors (Lipinski definition) is 7. The van der Waals surface area contributed by atoms with E-state index >= 15 is 0 Å². The summed E-state index contributed by atoms with van der Waals surface area (Å²) in [5.74, 6) is -0.531.